The number of amides is 1. The smallest absolute Gasteiger partial charge is 0.253 e. The topological polar surface area (TPSA) is 59.8 Å². The van der Waals surface area contributed by atoms with Gasteiger partial charge in [-0.25, -0.2) is 0 Å². The Balaban J connectivity index is 1.55. The lowest BCUT2D eigenvalue weighted by molar-refractivity contribution is 0.0950. The fourth-order valence-electron chi connectivity index (χ4n) is 3.60. The number of hydrogen-bond acceptors (Lipinski definition) is 3. The van der Waals surface area contributed by atoms with Crippen LogP contribution in [0.2, 0.25) is 10.0 Å². The number of hydrogen-bond donors (Lipinski definition) is 1. The highest BCUT2D eigenvalue weighted by Gasteiger charge is 2.22. The molecule has 1 aromatic carbocycles. The van der Waals surface area contributed by atoms with Gasteiger partial charge < -0.3 is 5.32 Å². The first-order valence-corrected chi connectivity index (χ1v) is 10.1. The molecule has 4 rings (SSSR count). The summed E-state index contributed by atoms with van der Waals surface area (Å²) < 4.78 is 2.08. The second-order valence-electron chi connectivity index (χ2n) is 6.93. The summed E-state index contributed by atoms with van der Waals surface area (Å²) in [4.78, 5) is 17.0. The monoisotopic (exact) mass is 414 g/mol. The molecule has 0 bridgehead atoms. The number of pyridine rings is 1. The molecule has 1 saturated carbocycles. The van der Waals surface area contributed by atoms with E-state index in [1.807, 2.05) is 24.3 Å². The van der Waals surface area contributed by atoms with Crippen LogP contribution in [0.4, 0.5) is 0 Å². The highest BCUT2D eigenvalue weighted by Crippen LogP contribution is 2.33. The van der Waals surface area contributed by atoms with Gasteiger partial charge >= 0.3 is 0 Å². The van der Waals surface area contributed by atoms with Gasteiger partial charge in [0.05, 0.1) is 40.3 Å². The zero-order chi connectivity index (χ0) is 19.5. The van der Waals surface area contributed by atoms with Crippen LogP contribution in [0.25, 0.3) is 11.4 Å². The molecule has 1 fully saturated rings. The van der Waals surface area contributed by atoms with E-state index in [9.17, 15) is 4.79 Å². The molecule has 3 aromatic rings. The van der Waals surface area contributed by atoms with Crippen molar-refractivity contribution in [2.75, 3.05) is 0 Å². The van der Waals surface area contributed by atoms with Crippen LogP contribution in [-0.2, 0) is 6.54 Å². The maximum atomic E-state index is 12.5. The minimum Gasteiger partial charge on any atom is -0.346 e. The summed E-state index contributed by atoms with van der Waals surface area (Å²) >= 11 is 12.0. The molecule has 28 heavy (non-hydrogen) atoms. The summed E-state index contributed by atoms with van der Waals surface area (Å²) in [7, 11) is 0. The number of benzene rings is 1. The number of carbonyl (C=O) groups excluding carboxylic acids is 1. The minimum absolute atomic E-state index is 0.253. The van der Waals surface area contributed by atoms with E-state index in [4.69, 9.17) is 28.3 Å². The molecule has 1 aliphatic rings. The fourth-order valence-corrected chi connectivity index (χ4v) is 4.10. The van der Waals surface area contributed by atoms with Gasteiger partial charge in [-0.1, -0.05) is 42.1 Å². The molecule has 0 radical (unpaired) electrons. The van der Waals surface area contributed by atoms with Crippen molar-refractivity contribution < 1.29 is 4.79 Å². The Morgan fingerprint density at radius 3 is 2.68 bits per heavy atom. The second-order valence-corrected chi connectivity index (χ2v) is 7.77. The molecule has 1 aliphatic carbocycles. The lowest BCUT2D eigenvalue weighted by Gasteiger charge is -2.13. The van der Waals surface area contributed by atoms with E-state index in [1.165, 1.54) is 12.8 Å². The van der Waals surface area contributed by atoms with Gasteiger partial charge in [0.25, 0.3) is 5.91 Å². The van der Waals surface area contributed by atoms with Gasteiger partial charge in [-0.3, -0.25) is 14.5 Å². The first-order chi connectivity index (χ1) is 13.6. The average molecular weight is 415 g/mol. The molecule has 2 aromatic heterocycles. The molecule has 1 N–H and O–H groups in total. The van der Waals surface area contributed by atoms with Crippen molar-refractivity contribution in [3.05, 3.63) is 70.0 Å². The molecule has 144 valence electrons. The summed E-state index contributed by atoms with van der Waals surface area (Å²) in [6.45, 7) is 0.317. The Labute approximate surface area is 173 Å². The molecule has 2 heterocycles. The highest BCUT2D eigenvalue weighted by atomic mass is 35.5. The van der Waals surface area contributed by atoms with Gasteiger partial charge in [-0.15, -0.1) is 0 Å². The highest BCUT2D eigenvalue weighted by molar-refractivity contribution is 6.36. The van der Waals surface area contributed by atoms with E-state index in [2.05, 4.69) is 15.0 Å². The molecule has 0 aliphatic heterocycles. The first kappa shape index (κ1) is 19.0. The molecular weight excluding hydrogens is 395 g/mol. The van der Waals surface area contributed by atoms with Crippen molar-refractivity contribution in [1.82, 2.24) is 20.1 Å². The fraction of sp³-hybridized carbons (Fsp3) is 0.286. The van der Waals surface area contributed by atoms with Gasteiger partial charge in [0, 0.05) is 11.2 Å². The molecule has 5 nitrogen and oxygen atoms in total. The average Bonchev–Trinajstić information content (AvgIpc) is 3.36. The quantitative estimate of drug-likeness (QED) is 0.616. The Hall–Kier alpha value is -2.37. The number of nitrogens with one attached hydrogen (secondary N) is 1. The largest absolute Gasteiger partial charge is 0.346 e. The molecular formula is C21H20Cl2N4O. The van der Waals surface area contributed by atoms with E-state index in [0.29, 0.717) is 28.2 Å². The predicted molar refractivity (Wildman–Crippen MR) is 111 cm³/mol. The van der Waals surface area contributed by atoms with Crippen molar-refractivity contribution in [3.8, 4) is 11.4 Å². The number of halogens is 2. The van der Waals surface area contributed by atoms with Crippen LogP contribution in [0, 0.1) is 0 Å². The number of rotatable bonds is 5. The van der Waals surface area contributed by atoms with Crippen molar-refractivity contribution in [1.29, 1.82) is 0 Å². The van der Waals surface area contributed by atoms with E-state index >= 15 is 0 Å². The SMILES string of the molecule is O=C(NCc1cc(-c2ccccn2)n(C2CCCC2)n1)c1ccc(Cl)cc1Cl. The zero-order valence-electron chi connectivity index (χ0n) is 15.2. The Bertz CT molecular complexity index is 981. The molecule has 1 amide bonds. The third-order valence-corrected chi connectivity index (χ3v) is 5.54. The standard InChI is InChI=1S/C21H20Cl2N4O/c22-14-8-9-17(18(23)11-14)21(28)25-13-15-12-20(19-7-3-4-10-24-19)27(26-15)16-5-1-2-6-16/h3-4,7-12,16H,1-2,5-6,13H2,(H,25,28). The Morgan fingerprint density at radius 1 is 1.14 bits per heavy atom. The predicted octanol–water partition coefficient (Wildman–Crippen LogP) is 5.30. The van der Waals surface area contributed by atoms with Crippen LogP contribution in [-0.4, -0.2) is 20.7 Å². The van der Waals surface area contributed by atoms with E-state index < -0.39 is 0 Å². The van der Waals surface area contributed by atoms with E-state index in [-0.39, 0.29) is 5.91 Å². The van der Waals surface area contributed by atoms with Crippen LogP contribution < -0.4 is 5.32 Å². The van der Waals surface area contributed by atoms with Crippen molar-refractivity contribution in [2.24, 2.45) is 0 Å². The van der Waals surface area contributed by atoms with Gasteiger partial charge in [0.2, 0.25) is 0 Å². The van der Waals surface area contributed by atoms with Crippen LogP contribution >= 0.6 is 23.2 Å². The van der Waals surface area contributed by atoms with Gasteiger partial charge in [-0.2, -0.15) is 5.10 Å². The van der Waals surface area contributed by atoms with E-state index in [1.54, 1.807) is 24.4 Å². The lowest BCUT2D eigenvalue weighted by atomic mass is 10.2. The normalized spacial score (nSPS) is 14.4. The molecule has 0 saturated heterocycles. The van der Waals surface area contributed by atoms with Crippen molar-refractivity contribution >= 4 is 29.1 Å². The summed E-state index contributed by atoms with van der Waals surface area (Å²) in [6, 6.07) is 13.1. The van der Waals surface area contributed by atoms with E-state index in [0.717, 1.165) is 29.9 Å². The van der Waals surface area contributed by atoms with Crippen LogP contribution in [0.15, 0.2) is 48.7 Å². The van der Waals surface area contributed by atoms with Crippen LogP contribution in [0.1, 0.15) is 47.8 Å². The molecule has 0 unspecified atom stereocenters. The maximum Gasteiger partial charge on any atom is 0.253 e. The Morgan fingerprint density at radius 2 is 1.96 bits per heavy atom. The lowest BCUT2D eigenvalue weighted by Crippen LogP contribution is -2.23. The van der Waals surface area contributed by atoms with Gasteiger partial charge in [0.1, 0.15) is 0 Å². The molecule has 0 spiro atoms. The van der Waals surface area contributed by atoms with Crippen LogP contribution in [0.3, 0.4) is 0 Å². The number of aromatic nitrogens is 3. The first-order valence-electron chi connectivity index (χ1n) is 9.35. The van der Waals surface area contributed by atoms with Crippen molar-refractivity contribution in [2.45, 2.75) is 38.3 Å². The minimum atomic E-state index is -0.253. The summed E-state index contributed by atoms with van der Waals surface area (Å²) in [6.07, 6.45) is 6.45. The maximum absolute atomic E-state index is 12.5. The Kier molecular flexibility index (Phi) is 5.64. The second kappa shape index (κ2) is 8.33. The summed E-state index contributed by atoms with van der Waals surface area (Å²) in [5.74, 6) is -0.253. The summed E-state index contributed by atoms with van der Waals surface area (Å²) in [5, 5.41) is 8.50. The third kappa shape index (κ3) is 4.05. The number of carbonyl (C=O) groups is 1. The molecule has 7 heteroatoms. The summed E-state index contributed by atoms with van der Waals surface area (Å²) in [5.41, 5.74) is 3.07. The third-order valence-electron chi connectivity index (χ3n) is 4.99. The zero-order valence-corrected chi connectivity index (χ0v) is 16.7. The van der Waals surface area contributed by atoms with Crippen molar-refractivity contribution in [3.63, 3.8) is 0 Å². The van der Waals surface area contributed by atoms with Gasteiger partial charge in [0.15, 0.2) is 0 Å². The number of nitrogens with zero attached hydrogens (tertiary/aromatic N) is 3. The van der Waals surface area contributed by atoms with Gasteiger partial charge in [-0.05, 0) is 49.2 Å². The molecule has 0 atom stereocenters. The van der Waals surface area contributed by atoms with Crippen LogP contribution in [0.5, 0.6) is 0 Å².